The fourth-order valence-corrected chi connectivity index (χ4v) is 2.70. The molecular weight excluding hydrogens is 234 g/mol. The first-order chi connectivity index (χ1) is 8.89. The van der Waals surface area contributed by atoms with Crippen molar-refractivity contribution in [1.29, 1.82) is 0 Å². The SMILES string of the molecule is CC1CCc2ccccc2N1CCC(=O)C(C)(C)C. The van der Waals surface area contributed by atoms with Crippen LogP contribution in [0.2, 0.25) is 0 Å². The van der Waals surface area contributed by atoms with E-state index >= 15 is 0 Å². The van der Waals surface area contributed by atoms with E-state index in [0.717, 1.165) is 13.0 Å². The Bertz CT molecular complexity index is 459. The molecule has 0 bridgehead atoms. The minimum atomic E-state index is -0.224. The molecule has 2 heteroatoms. The predicted octanol–water partition coefficient (Wildman–Crippen LogP) is 3.83. The van der Waals surface area contributed by atoms with Crippen molar-refractivity contribution >= 4 is 11.5 Å². The maximum absolute atomic E-state index is 12.1. The van der Waals surface area contributed by atoms with Crippen molar-refractivity contribution in [2.45, 2.75) is 53.0 Å². The molecule has 0 spiro atoms. The molecule has 1 aliphatic heterocycles. The average molecular weight is 259 g/mol. The van der Waals surface area contributed by atoms with E-state index in [4.69, 9.17) is 0 Å². The van der Waals surface area contributed by atoms with Gasteiger partial charge in [-0.2, -0.15) is 0 Å². The Kier molecular flexibility index (Phi) is 3.98. The number of para-hydroxylation sites is 1. The number of rotatable bonds is 3. The molecule has 1 atom stereocenters. The van der Waals surface area contributed by atoms with Crippen LogP contribution in [0.4, 0.5) is 5.69 Å². The van der Waals surface area contributed by atoms with Crippen LogP contribution in [0.1, 0.15) is 46.1 Å². The number of aryl methyl sites for hydroxylation is 1. The Hall–Kier alpha value is -1.31. The lowest BCUT2D eigenvalue weighted by Crippen LogP contribution is -2.39. The third kappa shape index (κ3) is 3.17. The fourth-order valence-electron chi connectivity index (χ4n) is 2.70. The molecule has 2 nitrogen and oxygen atoms in total. The Morgan fingerprint density at radius 1 is 1.32 bits per heavy atom. The summed E-state index contributed by atoms with van der Waals surface area (Å²) in [7, 11) is 0. The number of benzene rings is 1. The van der Waals surface area contributed by atoms with Gasteiger partial charge in [-0.1, -0.05) is 39.0 Å². The van der Waals surface area contributed by atoms with Crippen LogP contribution < -0.4 is 4.90 Å². The zero-order valence-electron chi connectivity index (χ0n) is 12.6. The Labute approximate surface area is 116 Å². The van der Waals surface area contributed by atoms with Crippen LogP contribution in [0.5, 0.6) is 0 Å². The molecule has 1 aromatic rings. The van der Waals surface area contributed by atoms with Crippen LogP contribution in [0.3, 0.4) is 0 Å². The van der Waals surface area contributed by atoms with Crippen LogP contribution in [-0.4, -0.2) is 18.4 Å². The van der Waals surface area contributed by atoms with E-state index in [2.05, 4.69) is 36.1 Å². The number of Topliss-reactive ketones (excluding diaryl/α,β-unsaturated/α-hetero) is 1. The molecule has 0 aromatic heterocycles. The third-order valence-corrected chi connectivity index (χ3v) is 4.08. The lowest BCUT2D eigenvalue weighted by Gasteiger charge is -2.37. The van der Waals surface area contributed by atoms with Crippen molar-refractivity contribution in [3.63, 3.8) is 0 Å². The quantitative estimate of drug-likeness (QED) is 0.822. The van der Waals surface area contributed by atoms with Gasteiger partial charge in [0, 0.05) is 30.1 Å². The summed E-state index contributed by atoms with van der Waals surface area (Å²) in [6.07, 6.45) is 2.98. The maximum atomic E-state index is 12.1. The lowest BCUT2D eigenvalue weighted by atomic mass is 9.88. The van der Waals surface area contributed by atoms with Crippen molar-refractivity contribution in [1.82, 2.24) is 0 Å². The molecule has 0 N–H and O–H groups in total. The smallest absolute Gasteiger partial charge is 0.139 e. The predicted molar refractivity (Wildman–Crippen MR) is 80.7 cm³/mol. The van der Waals surface area contributed by atoms with E-state index in [1.54, 1.807) is 0 Å². The van der Waals surface area contributed by atoms with Gasteiger partial charge in [-0.25, -0.2) is 0 Å². The number of fused-ring (bicyclic) bond motifs is 1. The van der Waals surface area contributed by atoms with E-state index in [1.807, 2.05) is 20.8 Å². The van der Waals surface area contributed by atoms with Crippen molar-refractivity contribution in [3.05, 3.63) is 29.8 Å². The summed E-state index contributed by atoms with van der Waals surface area (Å²) in [4.78, 5) is 14.5. The number of anilines is 1. The number of hydrogen-bond donors (Lipinski definition) is 0. The molecule has 1 aliphatic rings. The second-order valence-corrected chi connectivity index (χ2v) is 6.63. The van der Waals surface area contributed by atoms with Crippen LogP contribution in [0.25, 0.3) is 0 Å². The molecule has 0 radical (unpaired) electrons. The molecule has 0 saturated heterocycles. The molecule has 104 valence electrons. The van der Waals surface area contributed by atoms with Gasteiger partial charge < -0.3 is 4.90 Å². The highest BCUT2D eigenvalue weighted by Gasteiger charge is 2.26. The average Bonchev–Trinajstić information content (AvgIpc) is 2.36. The van der Waals surface area contributed by atoms with Gasteiger partial charge in [0.05, 0.1) is 0 Å². The van der Waals surface area contributed by atoms with E-state index in [1.165, 1.54) is 17.7 Å². The highest BCUT2D eigenvalue weighted by Crippen LogP contribution is 2.30. The molecule has 1 heterocycles. The van der Waals surface area contributed by atoms with Gasteiger partial charge in [0.15, 0.2) is 0 Å². The molecule has 1 unspecified atom stereocenters. The Morgan fingerprint density at radius 3 is 2.68 bits per heavy atom. The molecular formula is C17H25NO. The van der Waals surface area contributed by atoms with Crippen LogP contribution in [-0.2, 0) is 11.2 Å². The summed E-state index contributed by atoms with van der Waals surface area (Å²) < 4.78 is 0. The number of carbonyl (C=O) groups excluding carboxylic acids is 1. The van der Waals surface area contributed by atoms with Gasteiger partial charge in [-0.15, -0.1) is 0 Å². The summed E-state index contributed by atoms with van der Waals surface area (Å²) in [5, 5.41) is 0. The number of nitrogens with zero attached hydrogens (tertiary/aromatic N) is 1. The summed E-state index contributed by atoms with van der Waals surface area (Å²) in [5.41, 5.74) is 2.52. The molecule has 0 saturated carbocycles. The minimum absolute atomic E-state index is 0.224. The number of ketones is 1. The number of carbonyl (C=O) groups is 1. The fraction of sp³-hybridized carbons (Fsp3) is 0.588. The Balaban J connectivity index is 2.10. The van der Waals surface area contributed by atoms with E-state index < -0.39 is 0 Å². The molecule has 19 heavy (non-hydrogen) atoms. The zero-order chi connectivity index (χ0) is 14.0. The lowest BCUT2D eigenvalue weighted by molar-refractivity contribution is -0.126. The van der Waals surface area contributed by atoms with Crippen LogP contribution in [0, 0.1) is 5.41 Å². The first-order valence-electron chi connectivity index (χ1n) is 7.27. The van der Waals surface area contributed by atoms with E-state index in [-0.39, 0.29) is 5.41 Å². The summed E-state index contributed by atoms with van der Waals surface area (Å²) >= 11 is 0. The normalized spacial score (nSPS) is 19.2. The van der Waals surface area contributed by atoms with Crippen molar-refractivity contribution in [3.8, 4) is 0 Å². The first-order valence-corrected chi connectivity index (χ1v) is 7.27. The van der Waals surface area contributed by atoms with Crippen molar-refractivity contribution in [2.75, 3.05) is 11.4 Å². The molecule has 2 rings (SSSR count). The second kappa shape index (κ2) is 5.36. The highest BCUT2D eigenvalue weighted by atomic mass is 16.1. The van der Waals surface area contributed by atoms with Gasteiger partial charge >= 0.3 is 0 Å². The van der Waals surface area contributed by atoms with E-state index in [9.17, 15) is 4.79 Å². The number of hydrogen-bond acceptors (Lipinski definition) is 2. The van der Waals surface area contributed by atoms with Crippen molar-refractivity contribution in [2.24, 2.45) is 5.41 Å². The second-order valence-electron chi connectivity index (χ2n) is 6.63. The third-order valence-electron chi connectivity index (χ3n) is 4.08. The van der Waals surface area contributed by atoms with Gasteiger partial charge in [0.25, 0.3) is 0 Å². The standard InChI is InChI=1S/C17H25NO/c1-13-9-10-14-7-5-6-8-15(14)18(13)12-11-16(19)17(2,3)4/h5-8,13H,9-12H2,1-4H3. The van der Waals surface area contributed by atoms with Crippen LogP contribution >= 0.6 is 0 Å². The topological polar surface area (TPSA) is 20.3 Å². The van der Waals surface area contributed by atoms with Crippen LogP contribution in [0.15, 0.2) is 24.3 Å². The maximum Gasteiger partial charge on any atom is 0.139 e. The highest BCUT2D eigenvalue weighted by molar-refractivity contribution is 5.84. The molecule has 0 amide bonds. The monoisotopic (exact) mass is 259 g/mol. The summed E-state index contributed by atoms with van der Waals surface area (Å²) in [5.74, 6) is 0.350. The van der Waals surface area contributed by atoms with Gasteiger partial charge in [0.2, 0.25) is 0 Å². The largest absolute Gasteiger partial charge is 0.368 e. The first kappa shape index (κ1) is 14.1. The molecule has 0 aliphatic carbocycles. The molecule has 0 fully saturated rings. The van der Waals surface area contributed by atoms with Gasteiger partial charge in [0.1, 0.15) is 5.78 Å². The molecule has 1 aromatic carbocycles. The Morgan fingerprint density at radius 2 is 2.00 bits per heavy atom. The van der Waals surface area contributed by atoms with Gasteiger partial charge in [-0.05, 0) is 31.4 Å². The summed E-state index contributed by atoms with van der Waals surface area (Å²) in [6, 6.07) is 9.12. The minimum Gasteiger partial charge on any atom is -0.368 e. The zero-order valence-corrected chi connectivity index (χ0v) is 12.6. The van der Waals surface area contributed by atoms with Gasteiger partial charge in [-0.3, -0.25) is 4.79 Å². The van der Waals surface area contributed by atoms with E-state index in [0.29, 0.717) is 18.2 Å². The van der Waals surface area contributed by atoms with Crippen molar-refractivity contribution < 1.29 is 4.79 Å². The summed E-state index contributed by atoms with van der Waals surface area (Å²) in [6.45, 7) is 9.11.